The largest absolute Gasteiger partial charge is 0.368 e. The van der Waals surface area contributed by atoms with Crippen molar-refractivity contribution in [3.8, 4) is 5.69 Å². The van der Waals surface area contributed by atoms with Crippen molar-refractivity contribution >= 4 is 11.8 Å². The monoisotopic (exact) mass is 372 g/mol. The van der Waals surface area contributed by atoms with Gasteiger partial charge < -0.3 is 14.5 Å². The predicted octanol–water partition coefficient (Wildman–Crippen LogP) is 1.47. The van der Waals surface area contributed by atoms with Gasteiger partial charge >= 0.3 is 0 Å². The number of hydrogen-bond donors (Lipinski definition) is 0. The van der Waals surface area contributed by atoms with Gasteiger partial charge in [0, 0.05) is 38.5 Å². The summed E-state index contributed by atoms with van der Waals surface area (Å²) in [7, 11) is 0. The second-order valence-corrected chi connectivity index (χ2v) is 6.74. The molecular weight excluding hydrogens is 351 g/mol. The summed E-state index contributed by atoms with van der Waals surface area (Å²) in [5, 5.41) is 0. The molecular formula is C19H21FN4O3. The van der Waals surface area contributed by atoms with Crippen molar-refractivity contribution in [2.75, 3.05) is 32.8 Å². The number of ether oxygens (including phenoxy) is 1. The molecule has 1 atom stereocenters. The molecule has 2 aliphatic heterocycles. The van der Waals surface area contributed by atoms with Gasteiger partial charge in [-0.05, 0) is 37.1 Å². The zero-order valence-corrected chi connectivity index (χ0v) is 14.9. The van der Waals surface area contributed by atoms with E-state index in [-0.39, 0.29) is 23.7 Å². The lowest BCUT2D eigenvalue weighted by molar-refractivity contribution is -0.142. The third-order valence-corrected chi connectivity index (χ3v) is 5.05. The molecule has 8 heteroatoms. The van der Waals surface area contributed by atoms with Crippen molar-refractivity contribution in [1.29, 1.82) is 0 Å². The number of amides is 2. The number of benzene rings is 1. The molecule has 3 heterocycles. The number of carbonyl (C=O) groups excluding carboxylic acids is 2. The lowest BCUT2D eigenvalue weighted by Crippen LogP contribution is -2.53. The number of imidazole rings is 1. The van der Waals surface area contributed by atoms with Crippen LogP contribution in [-0.4, -0.2) is 70.1 Å². The topological polar surface area (TPSA) is 67.7 Å². The first-order chi connectivity index (χ1) is 13.1. The van der Waals surface area contributed by atoms with E-state index in [0.717, 1.165) is 12.8 Å². The first-order valence-corrected chi connectivity index (χ1v) is 9.11. The lowest BCUT2D eigenvalue weighted by Gasteiger charge is -2.35. The van der Waals surface area contributed by atoms with Crippen LogP contribution in [0.5, 0.6) is 0 Å². The minimum Gasteiger partial charge on any atom is -0.368 e. The van der Waals surface area contributed by atoms with Crippen LogP contribution >= 0.6 is 0 Å². The maximum Gasteiger partial charge on any atom is 0.272 e. The minimum absolute atomic E-state index is 0.0240. The van der Waals surface area contributed by atoms with E-state index in [2.05, 4.69) is 4.98 Å². The van der Waals surface area contributed by atoms with E-state index in [1.165, 1.54) is 24.7 Å². The third kappa shape index (κ3) is 3.57. The highest BCUT2D eigenvalue weighted by molar-refractivity contribution is 5.93. The van der Waals surface area contributed by atoms with E-state index in [4.69, 9.17) is 4.74 Å². The molecule has 0 radical (unpaired) electrons. The Hall–Kier alpha value is -2.74. The summed E-state index contributed by atoms with van der Waals surface area (Å²) >= 11 is 0. The molecule has 7 nitrogen and oxygen atoms in total. The average molecular weight is 372 g/mol. The maximum atomic E-state index is 13.2. The van der Waals surface area contributed by atoms with Gasteiger partial charge in [0.05, 0.1) is 12.5 Å². The first-order valence-electron chi connectivity index (χ1n) is 9.11. The Kier molecular flexibility index (Phi) is 4.89. The van der Waals surface area contributed by atoms with E-state index in [1.807, 2.05) is 0 Å². The third-order valence-electron chi connectivity index (χ3n) is 5.05. The molecule has 1 unspecified atom stereocenters. The van der Waals surface area contributed by atoms with Crippen LogP contribution in [0.2, 0.25) is 0 Å². The standard InChI is InChI=1S/C19H21FN4O3/c20-14-3-5-15(6-4-14)24-13-21-12-16(24)18(25)22-7-9-23(10-8-22)19(26)17-2-1-11-27-17/h3-6,12-13,17H,1-2,7-11H2. The molecule has 2 aliphatic rings. The van der Waals surface area contributed by atoms with Crippen molar-refractivity contribution < 1.29 is 18.7 Å². The van der Waals surface area contributed by atoms with Crippen LogP contribution in [0.25, 0.3) is 5.69 Å². The Bertz CT molecular complexity index is 822. The van der Waals surface area contributed by atoms with Crippen LogP contribution in [0, 0.1) is 5.82 Å². The molecule has 0 bridgehead atoms. The molecule has 0 N–H and O–H groups in total. The Balaban J connectivity index is 1.42. The number of nitrogens with zero attached hydrogens (tertiary/aromatic N) is 4. The molecule has 142 valence electrons. The zero-order chi connectivity index (χ0) is 18.8. The Labute approximate surface area is 156 Å². The highest BCUT2D eigenvalue weighted by Crippen LogP contribution is 2.18. The van der Waals surface area contributed by atoms with Crippen molar-refractivity contribution in [3.63, 3.8) is 0 Å². The van der Waals surface area contributed by atoms with Crippen LogP contribution in [0.15, 0.2) is 36.8 Å². The van der Waals surface area contributed by atoms with Gasteiger partial charge in [-0.2, -0.15) is 0 Å². The Morgan fingerprint density at radius 1 is 1.07 bits per heavy atom. The SMILES string of the molecule is O=C(c1cncn1-c1ccc(F)cc1)N1CCN(C(=O)C2CCCO2)CC1. The van der Waals surface area contributed by atoms with E-state index in [9.17, 15) is 14.0 Å². The Morgan fingerprint density at radius 2 is 1.78 bits per heavy atom. The summed E-state index contributed by atoms with van der Waals surface area (Å²) in [4.78, 5) is 32.9. The second-order valence-electron chi connectivity index (χ2n) is 6.74. The number of rotatable bonds is 3. The predicted molar refractivity (Wildman–Crippen MR) is 95.0 cm³/mol. The first kappa shape index (κ1) is 17.7. The highest BCUT2D eigenvalue weighted by Gasteiger charge is 2.32. The number of aromatic nitrogens is 2. The normalized spacial score (nSPS) is 20.1. The number of carbonyl (C=O) groups is 2. The molecule has 4 rings (SSSR count). The van der Waals surface area contributed by atoms with Crippen molar-refractivity contribution in [3.05, 3.63) is 48.3 Å². The number of hydrogen-bond acceptors (Lipinski definition) is 4. The Morgan fingerprint density at radius 3 is 2.44 bits per heavy atom. The summed E-state index contributed by atoms with van der Waals surface area (Å²) in [6.45, 7) is 2.56. The fraction of sp³-hybridized carbons (Fsp3) is 0.421. The molecule has 2 amide bonds. The number of piperazine rings is 1. The van der Waals surface area contributed by atoms with Crippen LogP contribution in [0.3, 0.4) is 0 Å². The molecule has 0 aliphatic carbocycles. The van der Waals surface area contributed by atoms with Gasteiger partial charge in [0.15, 0.2) is 0 Å². The second kappa shape index (κ2) is 7.48. The van der Waals surface area contributed by atoms with Crippen molar-refractivity contribution in [2.24, 2.45) is 0 Å². The fourth-order valence-electron chi connectivity index (χ4n) is 3.53. The van der Waals surface area contributed by atoms with E-state index in [1.54, 1.807) is 26.5 Å². The summed E-state index contributed by atoms with van der Waals surface area (Å²) in [5.41, 5.74) is 1.09. The maximum absolute atomic E-state index is 13.2. The fourth-order valence-corrected chi connectivity index (χ4v) is 3.53. The van der Waals surface area contributed by atoms with Gasteiger partial charge in [-0.1, -0.05) is 0 Å². The van der Waals surface area contributed by atoms with Gasteiger partial charge in [-0.3, -0.25) is 14.2 Å². The van der Waals surface area contributed by atoms with Crippen molar-refractivity contribution in [2.45, 2.75) is 18.9 Å². The van der Waals surface area contributed by atoms with E-state index in [0.29, 0.717) is 44.2 Å². The molecule has 2 fully saturated rings. The highest BCUT2D eigenvalue weighted by atomic mass is 19.1. The van der Waals surface area contributed by atoms with E-state index < -0.39 is 0 Å². The van der Waals surface area contributed by atoms with Crippen LogP contribution in [0.4, 0.5) is 4.39 Å². The van der Waals surface area contributed by atoms with Crippen LogP contribution < -0.4 is 0 Å². The molecule has 2 saturated heterocycles. The molecule has 1 aromatic heterocycles. The summed E-state index contributed by atoms with van der Waals surface area (Å²) in [6, 6.07) is 5.90. The van der Waals surface area contributed by atoms with E-state index >= 15 is 0 Å². The van der Waals surface area contributed by atoms with Crippen molar-refractivity contribution in [1.82, 2.24) is 19.4 Å². The number of halogens is 1. The van der Waals surface area contributed by atoms with Gasteiger partial charge in [0.25, 0.3) is 11.8 Å². The summed E-state index contributed by atoms with van der Waals surface area (Å²) in [5.74, 6) is -0.462. The molecule has 0 saturated carbocycles. The van der Waals surface area contributed by atoms with Crippen LogP contribution in [0.1, 0.15) is 23.3 Å². The van der Waals surface area contributed by atoms with Gasteiger partial charge in [0.1, 0.15) is 17.6 Å². The minimum atomic E-state index is -0.334. The molecule has 27 heavy (non-hydrogen) atoms. The molecule has 0 spiro atoms. The average Bonchev–Trinajstić information content (AvgIpc) is 3.40. The quantitative estimate of drug-likeness (QED) is 0.818. The molecule has 1 aromatic carbocycles. The van der Waals surface area contributed by atoms with Crippen LogP contribution in [-0.2, 0) is 9.53 Å². The zero-order valence-electron chi connectivity index (χ0n) is 14.9. The van der Waals surface area contributed by atoms with Gasteiger partial charge in [0.2, 0.25) is 0 Å². The lowest BCUT2D eigenvalue weighted by atomic mass is 10.2. The summed E-state index contributed by atoms with van der Waals surface area (Å²) < 4.78 is 20.3. The smallest absolute Gasteiger partial charge is 0.272 e. The molecule has 2 aromatic rings. The summed E-state index contributed by atoms with van der Waals surface area (Å²) in [6.07, 6.45) is 4.41. The van der Waals surface area contributed by atoms with Gasteiger partial charge in [-0.15, -0.1) is 0 Å². The van der Waals surface area contributed by atoms with Gasteiger partial charge in [-0.25, -0.2) is 9.37 Å².